The van der Waals surface area contributed by atoms with Gasteiger partial charge in [-0.25, -0.2) is 0 Å². The molecular formula is C20H42O4Te. The van der Waals surface area contributed by atoms with Crippen LogP contribution in [0.5, 0.6) is 0 Å². The molecule has 4 nitrogen and oxygen atoms in total. The van der Waals surface area contributed by atoms with Crippen molar-refractivity contribution in [3.05, 3.63) is 0 Å². The molecule has 0 heterocycles. The van der Waals surface area contributed by atoms with Crippen molar-refractivity contribution in [3.63, 3.8) is 0 Å². The Hall–Kier alpha value is -0.270. The molecule has 0 radical (unpaired) electrons. The molecule has 0 saturated heterocycles. The molecule has 0 rings (SSSR count). The van der Waals surface area contributed by atoms with Gasteiger partial charge in [-0.2, -0.15) is 0 Å². The van der Waals surface area contributed by atoms with Crippen LogP contribution in [0.3, 0.4) is 0 Å². The number of hydrogen-bond acceptors (Lipinski definition) is 2. The number of rotatable bonds is 14. The summed E-state index contributed by atoms with van der Waals surface area (Å²) < 4.78 is 3.17. The molecular weight excluding hydrogens is 432 g/mol. The van der Waals surface area contributed by atoms with E-state index in [1.165, 1.54) is 25.7 Å². The predicted molar refractivity (Wildman–Crippen MR) is 109 cm³/mol. The summed E-state index contributed by atoms with van der Waals surface area (Å²) in [7, 11) is 0. The quantitative estimate of drug-likeness (QED) is 0.225. The Morgan fingerprint density at radius 3 is 1.16 bits per heavy atom. The summed E-state index contributed by atoms with van der Waals surface area (Å²) in [5, 5.41) is 16.3. The Kier molecular flexibility index (Phi) is 33.7. The molecule has 0 aromatic heterocycles. The Labute approximate surface area is 166 Å². The van der Waals surface area contributed by atoms with E-state index in [0.717, 1.165) is 38.5 Å². The van der Waals surface area contributed by atoms with E-state index in [9.17, 15) is 9.59 Å². The molecule has 0 aromatic carbocycles. The van der Waals surface area contributed by atoms with Crippen molar-refractivity contribution in [2.24, 2.45) is 0 Å². The van der Waals surface area contributed by atoms with Crippen molar-refractivity contribution >= 4 is 32.9 Å². The summed E-state index contributed by atoms with van der Waals surface area (Å²) in [6.45, 7) is 8.68. The van der Waals surface area contributed by atoms with Crippen LogP contribution >= 0.6 is 0 Å². The second-order valence-electron chi connectivity index (χ2n) is 6.02. The van der Waals surface area contributed by atoms with E-state index in [1.807, 2.05) is 0 Å². The van der Waals surface area contributed by atoms with Crippen molar-refractivity contribution in [2.45, 2.75) is 114 Å². The van der Waals surface area contributed by atoms with Gasteiger partial charge in [0.2, 0.25) is 0 Å². The number of carboxylic acid groups (broad SMARTS) is 2. The monoisotopic (exact) mass is 476 g/mol. The standard InChI is InChI=1S/C8H18Te.2C6H12O2/c1-3-5-7-9-8-6-4-2;2*1-2-3-4-5-6(7)8/h3-8H2,1-2H3;2*2-5H2,1H3,(H,7,8). The van der Waals surface area contributed by atoms with Crippen LogP contribution in [0.1, 0.15) is 105 Å². The van der Waals surface area contributed by atoms with Gasteiger partial charge < -0.3 is 10.2 Å². The van der Waals surface area contributed by atoms with Gasteiger partial charge in [-0.3, -0.25) is 9.59 Å². The second kappa shape index (κ2) is 28.5. The van der Waals surface area contributed by atoms with E-state index in [-0.39, 0.29) is 0 Å². The van der Waals surface area contributed by atoms with Gasteiger partial charge in [-0.05, 0) is 12.8 Å². The molecule has 0 atom stereocenters. The predicted octanol–water partition coefficient (Wildman–Crippen LogP) is 6.43. The van der Waals surface area contributed by atoms with Crippen LogP contribution in [0.2, 0.25) is 8.94 Å². The first kappa shape index (κ1) is 29.5. The van der Waals surface area contributed by atoms with E-state index in [2.05, 4.69) is 27.7 Å². The number of carbonyl (C=O) groups is 2. The summed E-state index contributed by atoms with van der Waals surface area (Å²) in [6.07, 6.45) is 12.3. The summed E-state index contributed by atoms with van der Waals surface area (Å²) >= 11 is 0.458. The average molecular weight is 474 g/mol. The average Bonchev–Trinajstić information content (AvgIpc) is 2.56. The number of aliphatic carboxylic acids is 2. The molecule has 152 valence electrons. The molecule has 0 aliphatic rings. The summed E-state index contributed by atoms with van der Waals surface area (Å²) in [5.74, 6) is -1.36. The SMILES string of the molecule is CCCCCC(=O)O.CCCCCC(=O)O.CCCC[Te]CCCC. The zero-order valence-corrected chi connectivity index (χ0v) is 19.3. The molecule has 0 aliphatic carbocycles. The van der Waals surface area contributed by atoms with Crippen LogP contribution in [0.25, 0.3) is 0 Å². The van der Waals surface area contributed by atoms with Crippen LogP contribution in [0.4, 0.5) is 0 Å². The molecule has 0 saturated carbocycles. The molecule has 0 aromatic rings. The molecule has 0 spiro atoms. The van der Waals surface area contributed by atoms with E-state index < -0.39 is 11.9 Å². The van der Waals surface area contributed by atoms with Crippen molar-refractivity contribution in [2.75, 3.05) is 0 Å². The number of carboxylic acids is 2. The second-order valence-corrected chi connectivity index (χ2v) is 9.52. The van der Waals surface area contributed by atoms with Crippen molar-refractivity contribution < 1.29 is 19.8 Å². The van der Waals surface area contributed by atoms with Gasteiger partial charge in [0.1, 0.15) is 0 Å². The Morgan fingerprint density at radius 1 is 0.600 bits per heavy atom. The zero-order valence-electron chi connectivity index (χ0n) is 17.0. The topological polar surface area (TPSA) is 74.6 Å². The summed E-state index contributed by atoms with van der Waals surface area (Å²) in [6, 6.07) is 0. The van der Waals surface area contributed by atoms with E-state index in [0.29, 0.717) is 33.8 Å². The molecule has 0 bridgehead atoms. The van der Waals surface area contributed by atoms with Gasteiger partial charge in [0, 0.05) is 12.8 Å². The first-order valence-electron chi connectivity index (χ1n) is 9.97. The van der Waals surface area contributed by atoms with Crippen LogP contribution in [0.15, 0.2) is 0 Å². The van der Waals surface area contributed by atoms with Crippen LogP contribution in [-0.2, 0) is 9.59 Å². The van der Waals surface area contributed by atoms with Crippen molar-refractivity contribution in [1.82, 2.24) is 0 Å². The molecule has 0 aliphatic heterocycles. The minimum atomic E-state index is -0.682. The molecule has 25 heavy (non-hydrogen) atoms. The maximum atomic E-state index is 9.87. The van der Waals surface area contributed by atoms with E-state index >= 15 is 0 Å². The normalized spacial score (nSPS) is 9.44. The summed E-state index contributed by atoms with van der Waals surface area (Å²) in [5.41, 5.74) is 0. The molecule has 5 heteroatoms. The molecule has 0 unspecified atom stereocenters. The van der Waals surface area contributed by atoms with E-state index in [4.69, 9.17) is 10.2 Å². The Morgan fingerprint density at radius 2 is 0.920 bits per heavy atom. The first-order chi connectivity index (χ1) is 12.0. The third kappa shape index (κ3) is 45.3. The molecule has 0 amide bonds. The van der Waals surface area contributed by atoms with Crippen LogP contribution in [0, 0.1) is 0 Å². The first-order valence-corrected chi connectivity index (χ1v) is 13.3. The Bertz CT molecular complexity index is 244. The Balaban J connectivity index is -0.000000291. The van der Waals surface area contributed by atoms with Gasteiger partial charge in [0.15, 0.2) is 0 Å². The number of unbranched alkanes of at least 4 members (excludes halogenated alkanes) is 6. The third-order valence-corrected chi connectivity index (χ3v) is 6.57. The van der Waals surface area contributed by atoms with Crippen molar-refractivity contribution in [3.8, 4) is 0 Å². The van der Waals surface area contributed by atoms with Gasteiger partial charge in [0.05, 0.1) is 0 Å². The fourth-order valence-corrected chi connectivity index (χ4v) is 5.04. The zero-order chi connectivity index (χ0) is 19.8. The van der Waals surface area contributed by atoms with Gasteiger partial charge in [-0.1, -0.05) is 39.5 Å². The molecule has 2 N–H and O–H groups in total. The van der Waals surface area contributed by atoms with Crippen LogP contribution < -0.4 is 0 Å². The maximum absolute atomic E-state index is 9.87. The minimum absolute atomic E-state index is 0.327. The number of hydrogen-bond donors (Lipinski definition) is 2. The third-order valence-electron chi connectivity index (χ3n) is 3.27. The van der Waals surface area contributed by atoms with E-state index in [1.54, 1.807) is 8.94 Å². The van der Waals surface area contributed by atoms with Crippen molar-refractivity contribution in [1.29, 1.82) is 0 Å². The molecule has 0 fully saturated rings. The van der Waals surface area contributed by atoms with Gasteiger partial charge in [0.25, 0.3) is 0 Å². The summed E-state index contributed by atoms with van der Waals surface area (Å²) in [4.78, 5) is 19.7. The fourth-order valence-electron chi connectivity index (χ4n) is 1.65. The van der Waals surface area contributed by atoms with Gasteiger partial charge >= 0.3 is 81.3 Å². The van der Waals surface area contributed by atoms with Gasteiger partial charge in [-0.15, -0.1) is 0 Å². The van der Waals surface area contributed by atoms with Crippen LogP contribution in [-0.4, -0.2) is 43.1 Å². The fraction of sp³-hybridized carbons (Fsp3) is 0.900.